The second kappa shape index (κ2) is 11.1. The standard InChI is InChI=1S/C31H37NO2/c1-23(30(25-13-6-4-7-14-25)26-15-8-5-9-16-26)29(33)20-27-17-11-10-12-24(27)18-19-28-21-32-22-31(2,3)34-28/h4-17,23,28,30,32H,18-22H2,1-3H3/t23?,28-/m1/s1. The highest BCUT2D eigenvalue weighted by Gasteiger charge is 2.29. The topological polar surface area (TPSA) is 38.3 Å². The van der Waals surface area contributed by atoms with Crippen molar-refractivity contribution in [2.75, 3.05) is 13.1 Å². The monoisotopic (exact) mass is 455 g/mol. The molecule has 2 atom stereocenters. The van der Waals surface area contributed by atoms with E-state index in [1.165, 1.54) is 16.7 Å². The Morgan fingerprint density at radius 3 is 2.06 bits per heavy atom. The highest BCUT2D eigenvalue weighted by atomic mass is 16.5. The normalized spacial score (nSPS) is 18.5. The van der Waals surface area contributed by atoms with Gasteiger partial charge in [-0.2, -0.15) is 0 Å². The van der Waals surface area contributed by atoms with Crippen LogP contribution >= 0.6 is 0 Å². The maximum Gasteiger partial charge on any atom is 0.141 e. The molecule has 34 heavy (non-hydrogen) atoms. The second-order valence-electron chi connectivity index (χ2n) is 10.2. The number of morpholine rings is 1. The number of Topliss-reactive ketones (excluding diaryl/α,β-unsaturated/α-hetero) is 1. The summed E-state index contributed by atoms with van der Waals surface area (Å²) in [4.78, 5) is 13.6. The fourth-order valence-electron chi connectivity index (χ4n) is 5.15. The molecule has 0 aliphatic carbocycles. The van der Waals surface area contributed by atoms with Crippen LogP contribution in [0.1, 0.15) is 55.4 Å². The van der Waals surface area contributed by atoms with E-state index in [9.17, 15) is 4.79 Å². The molecule has 3 nitrogen and oxygen atoms in total. The molecule has 0 bridgehead atoms. The molecule has 0 aromatic heterocycles. The first-order valence-electron chi connectivity index (χ1n) is 12.5. The van der Waals surface area contributed by atoms with E-state index in [2.05, 4.69) is 92.8 Å². The van der Waals surface area contributed by atoms with E-state index < -0.39 is 0 Å². The maximum atomic E-state index is 13.6. The van der Waals surface area contributed by atoms with Gasteiger partial charge in [0.25, 0.3) is 0 Å². The van der Waals surface area contributed by atoms with Crippen LogP contribution in [0, 0.1) is 5.92 Å². The zero-order chi connectivity index (χ0) is 24.0. The number of aryl methyl sites for hydroxylation is 1. The summed E-state index contributed by atoms with van der Waals surface area (Å²) in [7, 11) is 0. The number of carbonyl (C=O) groups is 1. The summed E-state index contributed by atoms with van der Waals surface area (Å²) >= 11 is 0. The summed E-state index contributed by atoms with van der Waals surface area (Å²) in [6.07, 6.45) is 2.53. The van der Waals surface area contributed by atoms with Crippen molar-refractivity contribution in [2.24, 2.45) is 5.92 Å². The molecule has 1 aliphatic rings. The van der Waals surface area contributed by atoms with Crippen molar-refractivity contribution in [3.05, 3.63) is 107 Å². The lowest BCUT2D eigenvalue weighted by Gasteiger charge is -2.36. The smallest absolute Gasteiger partial charge is 0.141 e. The largest absolute Gasteiger partial charge is 0.370 e. The SMILES string of the molecule is CC(C(=O)Cc1ccccc1CC[C@@H]1CNCC(C)(C)O1)C(c1ccccc1)c1ccccc1. The predicted molar refractivity (Wildman–Crippen MR) is 139 cm³/mol. The van der Waals surface area contributed by atoms with Crippen LogP contribution in [0.15, 0.2) is 84.9 Å². The molecule has 1 fully saturated rings. The summed E-state index contributed by atoms with van der Waals surface area (Å²) in [5.74, 6) is 0.206. The van der Waals surface area contributed by atoms with Gasteiger partial charge in [-0.05, 0) is 48.9 Å². The Hall–Kier alpha value is -2.75. The third-order valence-corrected chi connectivity index (χ3v) is 6.95. The van der Waals surface area contributed by atoms with Gasteiger partial charge in [-0.25, -0.2) is 0 Å². The van der Waals surface area contributed by atoms with Crippen LogP contribution in [0.5, 0.6) is 0 Å². The first-order valence-corrected chi connectivity index (χ1v) is 12.5. The number of hydrogen-bond acceptors (Lipinski definition) is 3. The average molecular weight is 456 g/mol. The van der Waals surface area contributed by atoms with Gasteiger partial charge in [-0.3, -0.25) is 4.79 Å². The van der Waals surface area contributed by atoms with Crippen molar-refractivity contribution < 1.29 is 9.53 Å². The number of ether oxygens (including phenoxy) is 1. The van der Waals surface area contributed by atoms with Gasteiger partial charge >= 0.3 is 0 Å². The summed E-state index contributed by atoms with van der Waals surface area (Å²) in [5.41, 5.74) is 4.64. The Bertz CT molecular complexity index is 1020. The highest BCUT2D eigenvalue weighted by molar-refractivity contribution is 5.84. The fourth-order valence-corrected chi connectivity index (χ4v) is 5.15. The molecule has 4 rings (SSSR count). The highest BCUT2D eigenvalue weighted by Crippen LogP contribution is 2.33. The van der Waals surface area contributed by atoms with E-state index in [1.807, 2.05) is 18.2 Å². The van der Waals surface area contributed by atoms with Gasteiger partial charge in [-0.1, -0.05) is 91.9 Å². The third kappa shape index (κ3) is 6.22. The Morgan fingerprint density at radius 2 is 1.47 bits per heavy atom. The first kappa shape index (κ1) is 24.4. The third-order valence-electron chi connectivity index (χ3n) is 6.95. The zero-order valence-corrected chi connectivity index (χ0v) is 20.7. The Balaban J connectivity index is 1.48. The number of hydrogen-bond donors (Lipinski definition) is 1. The molecular weight excluding hydrogens is 418 g/mol. The summed E-state index contributed by atoms with van der Waals surface area (Å²) in [6, 6.07) is 29.2. The molecule has 3 aromatic carbocycles. The molecule has 0 saturated carbocycles. The van der Waals surface area contributed by atoms with Gasteiger partial charge in [0.1, 0.15) is 5.78 Å². The zero-order valence-electron chi connectivity index (χ0n) is 20.7. The molecule has 1 heterocycles. The number of benzene rings is 3. The molecule has 3 heteroatoms. The van der Waals surface area contributed by atoms with Crippen molar-refractivity contribution in [2.45, 2.75) is 57.7 Å². The molecule has 178 valence electrons. The van der Waals surface area contributed by atoms with Crippen LogP contribution in [0.3, 0.4) is 0 Å². The van der Waals surface area contributed by atoms with Crippen molar-refractivity contribution in [3.63, 3.8) is 0 Å². The Morgan fingerprint density at radius 1 is 0.912 bits per heavy atom. The Kier molecular flexibility index (Phi) is 7.97. The van der Waals surface area contributed by atoms with Crippen LogP contribution in [0.4, 0.5) is 0 Å². The first-order chi connectivity index (χ1) is 16.4. The molecule has 1 unspecified atom stereocenters. The van der Waals surface area contributed by atoms with Gasteiger partial charge in [-0.15, -0.1) is 0 Å². The van der Waals surface area contributed by atoms with E-state index >= 15 is 0 Å². The maximum absolute atomic E-state index is 13.6. The molecule has 1 N–H and O–H groups in total. The minimum atomic E-state index is -0.127. The van der Waals surface area contributed by atoms with Gasteiger partial charge in [0.15, 0.2) is 0 Å². The molecule has 0 amide bonds. The van der Waals surface area contributed by atoms with Gasteiger partial charge in [0, 0.05) is 31.3 Å². The number of ketones is 1. The summed E-state index contributed by atoms with van der Waals surface area (Å²) < 4.78 is 6.25. The van der Waals surface area contributed by atoms with Crippen LogP contribution in [-0.2, 0) is 22.4 Å². The molecule has 0 spiro atoms. The number of nitrogens with one attached hydrogen (secondary N) is 1. The predicted octanol–water partition coefficient (Wildman–Crippen LogP) is 5.97. The van der Waals surface area contributed by atoms with Gasteiger partial charge in [0.05, 0.1) is 11.7 Å². The molecule has 0 radical (unpaired) electrons. The Labute approximate surface area is 204 Å². The van der Waals surface area contributed by atoms with Crippen LogP contribution < -0.4 is 5.32 Å². The number of carbonyl (C=O) groups excluding carboxylic acids is 1. The van der Waals surface area contributed by atoms with E-state index in [0.29, 0.717) is 6.42 Å². The lowest BCUT2D eigenvalue weighted by atomic mass is 9.78. The van der Waals surface area contributed by atoms with Gasteiger partial charge in [0.2, 0.25) is 0 Å². The van der Waals surface area contributed by atoms with E-state index in [-0.39, 0.29) is 29.3 Å². The minimum Gasteiger partial charge on any atom is -0.370 e. The van der Waals surface area contributed by atoms with Crippen molar-refractivity contribution in [1.82, 2.24) is 5.32 Å². The van der Waals surface area contributed by atoms with Crippen LogP contribution in [0.25, 0.3) is 0 Å². The van der Waals surface area contributed by atoms with Crippen molar-refractivity contribution >= 4 is 5.78 Å². The molecular formula is C31H37NO2. The molecule has 3 aromatic rings. The second-order valence-corrected chi connectivity index (χ2v) is 10.2. The van der Waals surface area contributed by atoms with Crippen molar-refractivity contribution in [3.8, 4) is 0 Å². The summed E-state index contributed by atoms with van der Waals surface area (Å²) in [5, 5.41) is 3.49. The fraction of sp³-hybridized carbons (Fsp3) is 0.387. The van der Waals surface area contributed by atoms with Crippen LogP contribution in [0.2, 0.25) is 0 Å². The lowest BCUT2D eigenvalue weighted by molar-refractivity contribution is -0.122. The lowest BCUT2D eigenvalue weighted by Crippen LogP contribution is -2.50. The van der Waals surface area contributed by atoms with E-state index in [1.54, 1.807) is 0 Å². The molecule has 1 saturated heterocycles. The minimum absolute atomic E-state index is 0.0472. The summed E-state index contributed by atoms with van der Waals surface area (Å²) in [6.45, 7) is 8.12. The average Bonchev–Trinajstić information content (AvgIpc) is 2.84. The quantitative estimate of drug-likeness (QED) is 0.432. The van der Waals surface area contributed by atoms with Crippen molar-refractivity contribution in [1.29, 1.82) is 0 Å². The molecule has 1 aliphatic heterocycles. The van der Waals surface area contributed by atoms with Crippen LogP contribution in [-0.4, -0.2) is 30.6 Å². The van der Waals surface area contributed by atoms with E-state index in [4.69, 9.17) is 4.74 Å². The van der Waals surface area contributed by atoms with E-state index in [0.717, 1.165) is 31.5 Å². The number of rotatable bonds is 9. The van der Waals surface area contributed by atoms with Gasteiger partial charge < -0.3 is 10.1 Å².